The standard InChI is InChI=1S/C13H10ClN5OS3/c1-2-6-22-13-18-17-11(23-13)15-9(20)4-3-8-10(14)16-12-19(8)5-7-21-12/h2-5,7H,1,6H2,(H,15,17,20)/b4-3+. The smallest absolute Gasteiger partial charge is 0.250 e. The molecule has 0 saturated heterocycles. The van der Waals surface area contributed by atoms with Crippen LogP contribution < -0.4 is 5.32 Å². The van der Waals surface area contributed by atoms with Crippen LogP contribution in [-0.2, 0) is 4.79 Å². The highest BCUT2D eigenvalue weighted by Crippen LogP contribution is 2.25. The van der Waals surface area contributed by atoms with E-state index in [0.29, 0.717) is 16.0 Å². The number of imidazole rings is 1. The topological polar surface area (TPSA) is 72.2 Å². The third-order valence-electron chi connectivity index (χ3n) is 2.61. The molecule has 0 spiro atoms. The van der Waals surface area contributed by atoms with E-state index >= 15 is 0 Å². The molecule has 1 amide bonds. The molecule has 6 nitrogen and oxygen atoms in total. The van der Waals surface area contributed by atoms with Crippen molar-refractivity contribution in [3.63, 3.8) is 0 Å². The molecule has 0 saturated carbocycles. The Morgan fingerprint density at radius 2 is 2.39 bits per heavy atom. The Morgan fingerprint density at radius 1 is 1.52 bits per heavy atom. The van der Waals surface area contributed by atoms with Crippen LogP contribution in [0.5, 0.6) is 0 Å². The molecule has 3 heterocycles. The van der Waals surface area contributed by atoms with E-state index in [-0.39, 0.29) is 5.91 Å². The second-order valence-electron chi connectivity index (χ2n) is 4.14. The van der Waals surface area contributed by atoms with Crippen molar-refractivity contribution in [2.24, 2.45) is 0 Å². The zero-order chi connectivity index (χ0) is 16.2. The van der Waals surface area contributed by atoms with Crippen LogP contribution in [0, 0.1) is 0 Å². The van der Waals surface area contributed by atoms with Crippen molar-refractivity contribution < 1.29 is 4.79 Å². The van der Waals surface area contributed by atoms with Gasteiger partial charge in [0.1, 0.15) is 0 Å². The van der Waals surface area contributed by atoms with Crippen molar-refractivity contribution in [1.82, 2.24) is 19.6 Å². The molecular weight excluding hydrogens is 374 g/mol. The van der Waals surface area contributed by atoms with Crippen LogP contribution in [0.1, 0.15) is 5.69 Å². The predicted molar refractivity (Wildman–Crippen MR) is 96.6 cm³/mol. The first-order valence-electron chi connectivity index (χ1n) is 6.34. The lowest BCUT2D eigenvalue weighted by Gasteiger charge is -1.95. The highest BCUT2D eigenvalue weighted by molar-refractivity contribution is 8.01. The summed E-state index contributed by atoms with van der Waals surface area (Å²) in [6, 6.07) is 0. The molecule has 0 unspecified atom stereocenters. The van der Waals surface area contributed by atoms with E-state index in [2.05, 4.69) is 27.1 Å². The number of nitrogens with one attached hydrogen (secondary N) is 1. The Hall–Kier alpha value is -1.68. The van der Waals surface area contributed by atoms with Gasteiger partial charge in [0.05, 0.1) is 5.69 Å². The average molecular weight is 384 g/mol. The van der Waals surface area contributed by atoms with Crippen molar-refractivity contribution >= 4 is 68.1 Å². The lowest BCUT2D eigenvalue weighted by atomic mass is 10.4. The van der Waals surface area contributed by atoms with Crippen molar-refractivity contribution in [1.29, 1.82) is 0 Å². The maximum Gasteiger partial charge on any atom is 0.250 e. The summed E-state index contributed by atoms with van der Waals surface area (Å²) >= 11 is 10.4. The molecule has 118 valence electrons. The van der Waals surface area contributed by atoms with Crippen LogP contribution in [-0.4, -0.2) is 31.2 Å². The van der Waals surface area contributed by atoms with Gasteiger partial charge in [0, 0.05) is 23.4 Å². The van der Waals surface area contributed by atoms with Gasteiger partial charge in [-0.3, -0.25) is 14.5 Å². The molecule has 0 radical (unpaired) electrons. The number of rotatable bonds is 6. The monoisotopic (exact) mass is 383 g/mol. The third-order valence-corrected chi connectivity index (χ3v) is 5.61. The number of hydrogen-bond acceptors (Lipinski definition) is 7. The average Bonchev–Trinajstić information content (AvgIpc) is 3.20. The molecule has 0 aliphatic heterocycles. The van der Waals surface area contributed by atoms with Crippen LogP contribution in [0.15, 0.2) is 34.6 Å². The summed E-state index contributed by atoms with van der Waals surface area (Å²) in [6.45, 7) is 3.64. The summed E-state index contributed by atoms with van der Waals surface area (Å²) in [6.07, 6.45) is 6.65. The normalized spacial score (nSPS) is 11.3. The number of anilines is 1. The fourth-order valence-electron chi connectivity index (χ4n) is 1.68. The number of thioether (sulfide) groups is 1. The quantitative estimate of drug-likeness (QED) is 0.303. The zero-order valence-corrected chi connectivity index (χ0v) is 14.8. The Kier molecular flexibility index (Phi) is 5.11. The van der Waals surface area contributed by atoms with Crippen molar-refractivity contribution in [2.75, 3.05) is 11.1 Å². The van der Waals surface area contributed by atoms with Gasteiger partial charge in [0.2, 0.25) is 11.0 Å². The molecule has 23 heavy (non-hydrogen) atoms. The van der Waals surface area contributed by atoms with Crippen LogP contribution in [0.4, 0.5) is 5.13 Å². The highest BCUT2D eigenvalue weighted by atomic mass is 35.5. The second kappa shape index (κ2) is 7.26. The number of aromatic nitrogens is 4. The molecule has 0 bridgehead atoms. The van der Waals surface area contributed by atoms with Crippen molar-refractivity contribution in [3.05, 3.63) is 41.2 Å². The van der Waals surface area contributed by atoms with Gasteiger partial charge in [-0.05, 0) is 6.08 Å². The number of thiazole rings is 1. The van der Waals surface area contributed by atoms with Crippen LogP contribution >= 0.6 is 46.0 Å². The molecule has 0 fully saturated rings. The van der Waals surface area contributed by atoms with E-state index in [0.717, 1.165) is 15.1 Å². The number of carbonyl (C=O) groups excluding carboxylic acids is 1. The Bertz CT molecular complexity index is 881. The van der Waals surface area contributed by atoms with E-state index < -0.39 is 0 Å². The van der Waals surface area contributed by atoms with Crippen LogP contribution in [0.25, 0.3) is 11.0 Å². The Balaban J connectivity index is 1.67. The Labute approximate surface area is 148 Å². The van der Waals surface area contributed by atoms with Crippen LogP contribution in [0.2, 0.25) is 5.15 Å². The van der Waals surface area contributed by atoms with Gasteiger partial charge in [-0.1, -0.05) is 40.8 Å². The second-order valence-corrected chi connectivity index (χ2v) is 7.61. The minimum Gasteiger partial charge on any atom is -0.297 e. The lowest BCUT2D eigenvalue weighted by Crippen LogP contribution is -2.07. The van der Waals surface area contributed by atoms with Gasteiger partial charge < -0.3 is 0 Å². The molecule has 1 N–H and O–H groups in total. The first-order valence-corrected chi connectivity index (χ1v) is 9.40. The van der Waals surface area contributed by atoms with E-state index in [9.17, 15) is 4.79 Å². The van der Waals surface area contributed by atoms with Gasteiger partial charge in [-0.25, -0.2) is 4.98 Å². The molecular formula is C13H10ClN5OS3. The summed E-state index contributed by atoms with van der Waals surface area (Å²) in [5.74, 6) is 0.446. The highest BCUT2D eigenvalue weighted by Gasteiger charge is 2.10. The maximum atomic E-state index is 12.0. The van der Waals surface area contributed by atoms with Crippen LogP contribution in [0.3, 0.4) is 0 Å². The number of nitrogens with zero attached hydrogens (tertiary/aromatic N) is 4. The molecule has 0 atom stereocenters. The fourth-order valence-corrected chi connectivity index (χ4v) is 4.20. The van der Waals surface area contributed by atoms with E-state index in [1.165, 1.54) is 40.5 Å². The maximum absolute atomic E-state index is 12.0. The summed E-state index contributed by atoms with van der Waals surface area (Å²) in [5, 5.41) is 13.3. The number of carbonyl (C=O) groups is 1. The number of amides is 1. The Morgan fingerprint density at radius 3 is 3.22 bits per heavy atom. The molecule has 0 aromatic carbocycles. The fraction of sp³-hybridized carbons (Fsp3) is 0.0769. The summed E-state index contributed by atoms with van der Waals surface area (Å²) in [5.41, 5.74) is 0.664. The number of fused-ring (bicyclic) bond motifs is 1. The predicted octanol–water partition coefficient (Wildman–Crippen LogP) is 3.83. The third kappa shape index (κ3) is 3.81. The minimum absolute atomic E-state index is 0.303. The lowest BCUT2D eigenvalue weighted by molar-refractivity contribution is -0.111. The van der Waals surface area contributed by atoms with Crippen molar-refractivity contribution in [2.45, 2.75) is 4.34 Å². The first kappa shape index (κ1) is 16.2. The van der Waals surface area contributed by atoms with Gasteiger partial charge in [0.15, 0.2) is 14.5 Å². The number of halogens is 1. The molecule has 0 aliphatic carbocycles. The van der Waals surface area contributed by atoms with Gasteiger partial charge in [-0.15, -0.1) is 28.1 Å². The largest absolute Gasteiger partial charge is 0.297 e. The van der Waals surface area contributed by atoms with Gasteiger partial charge in [-0.2, -0.15) is 0 Å². The first-order chi connectivity index (χ1) is 11.2. The minimum atomic E-state index is -0.303. The summed E-state index contributed by atoms with van der Waals surface area (Å²) in [4.78, 5) is 16.9. The van der Waals surface area contributed by atoms with E-state index in [1.54, 1.807) is 12.2 Å². The van der Waals surface area contributed by atoms with Crippen molar-refractivity contribution in [3.8, 4) is 0 Å². The molecule has 10 heteroatoms. The number of hydrogen-bond donors (Lipinski definition) is 1. The summed E-state index contributed by atoms with van der Waals surface area (Å²) < 4.78 is 2.61. The van der Waals surface area contributed by atoms with Gasteiger partial charge in [0.25, 0.3) is 0 Å². The van der Waals surface area contributed by atoms with E-state index in [4.69, 9.17) is 11.6 Å². The molecule has 3 aromatic heterocycles. The molecule has 3 aromatic rings. The summed E-state index contributed by atoms with van der Waals surface area (Å²) in [7, 11) is 0. The molecule has 3 rings (SSSR count). The zero-order valence-electron chi connectivity index (χ0n) is 11.6. The van der Waals surface area contributed by atoms with Gasteiger partial charge >= 0.3 is 0 Å². The van der Waals surface area contributed by atoms with E-state index in [1.807, 2.05) is 16.0 Å². The molecule has 0 aliphatic rings. The SMILES string of the molecule is C=CCSc1nnc(NC(=O)/C=C/c2c(Cl)nc3sccn23)s1.